The number of amides is 1. The van der Waals surface area contributed by atoms with Gasteiger partial charge in [-0.15, -0.1) is 0 Å². The summed E-state index contributed by atoms with van der Waals surface area (Å²) >= 11 is 0. The number of aryl methyl sites for hydroxylation is 2. The van der Waals surface area contributed by atoms with Crippen LogP contribution in [0.5, 0.6) is 0 Å². The normalized spacial score (nSPS) is 14.8. The van der Waals surface area contributed by atoms with E-state index in [1.54, 1.807) is 17.0 Å². The van der Waals surface area contributed by atoms with Crippen molar-refractivity contribution in [2.45, 2.75) is 26.2 Å². The highest BCUT2D eigenvalue weighted by Crippen LogP contribution is 2.27. The summed E-state index contributed by atoms with van der Waals surface area (Å²) in [5.41, 5.74) is 3.26. The number of hydrogen-bond acceptors (Lipinski definition) is 3. The van der Waals surface area contributed by atoms with Crippen molar-refractivity contribution in [3.05, 3.63) is 59.7 Å². The summed E-state index contributed by atoms with van der Waals surface area (Å²) in [6, 6.07) is 14.9. The lowest BCUT2D eigenvalue weighted by Crippen LogP contribution is -2.24. The van der Waals surface area contributed by atoms with Crippen LogP contribution >= 0.6 is 0 Å². The van der Waals surface area contributed by atoms with Crippen molar-refractivity contribution in [3.8, 4) is 0 Å². The van der Waals surface area contributed by atoms with Gasteiger partial charge in [-0.3, -0.25) is 9.52 Å². The molecule has 1 amide bonds. The zero-order valence-corrected chi connectivity index (χ0v) is 15.1. The van der Waals surface area contributed by atoms with E-state index in [4.69, 9.17) is 0 Å². The minimum Gasteiger partial charge on any atom is -0.312 e. The van der Waals surface area contributed by atoms with Crippen LogP contribution in [0.1, 0.15) is 24.0 Å². The van der Waals surface area contributed by atoms with Gasteiger partial charge in [0.15, 0.2) is 0 Å². The third-order valence-electron chi connectivity index (χ3n) is 4.34. The molecule has 1 N–H and O–H groups in total. The number of nitrogens with zero attached hydrogens (tertiary/aromatic N) is 1. The van der Waals surface area contributed by atoms with Gasteiger partial charge >= 0.3 is 0 Å². The number of carbonyl (C=O) groups excluding carboxylic acids is 1. The minimum absolute atomic E-state index is 0.0302. The lowest BCUT2D eigenvalue weighted by atomic mass is 10.1. The Bertz CT molecular complexity index is 863. The van der Waals surface area contributed by atoms with Crippen LogP contribution < -0.4 is 9.62 Å². The number of anilines is 2. The minimum atomic E-state index is -3.42. The van der Waals surface area contributed by atoms with E-state index in [0.717, 1.165) is 29.8 Å². The molecule has 0 atom stereocenters. The van der Waals surface area contributed by atoms with Gasteiger partial charge in [0, 0.05) is 24.3 Å². The third kappa shape index (κ3) is 4.39. The monoisotopic (exact) mass is 358 g/mol. The number of rotatable bonds is 6. The number of sulfonamides is 1. The smallest absolute Gasteiger partial charge is 0.233 e. The van der Waals surface area contributed by atoms with E-state index in [0.29, 0.717) is 18.5 Å². The average molecular weight is 358 g/mol. The van der Waals surface area contributed by atoms with Gasteiger partial charge in [-0.1, -0.05) is 30.3 Å². The molecule has 1 fully saturated rings. The summed E-state index contributed by atoms with van der Waals surface area (Å²) in [7, 11) is -3.42. The second-order valence-corrected chi connectivity index (χ2v) is 8.15. The van der Waals surface area contributed by atoms with Crippen LogP contribution in [-0.2, 0) is 21.2 Å². The molecule has 5 nitrogen and oxygen atoms in total. The molecule has 1 aliphatic rings. The first-order chi connectivity index (χ1) is 11.9. The molecule has 0 spiro atoms. The van der Waals surface area contributed by atoms with Crippen molar-refractivity contribution in [3.63, 3.8) is 0 Å². The first-order valence-corrected chi connectivity index (χ1v) is 10.1. The van der Waals surface area contributed by atoms with Crippen LogP contribution in [0.15, 0.2) is 48.5 Å². The van der Waals surface area contributed by atoms with E-state index in [-0.39, 0.29) is 11.7 Å². The molecule has 0 aromatic heterocycles. The average Bonchev–Trinajstić information content (AvgIpc) is 3.00. The lowest BCUT2D eigenvalue weighted by molar-refractivity contribution is -0.117. The van der Waals surface area contributed by atoms with Crippen molar-refractivity contribution in [2.75, 3.05) is 21.9 Å². The molecular weight excluding hydrogens is 336 g/mol. The zero-order chi connectivity index (χ0) is 17.9. The SMILES string of the molecule is Cc1cc(NS(=O)(=O)CCc2ccccc2)ccc1N1CCCC1=O. The van der Waals surface area contributed by atoms with Gasteiger partial charge in [0.2, 0.25) is 15.9 Å². The van der Waals surface area contributed by atoms with Crippen LogP contribution in [0.25, 0.3) is 0 Å². The van der Waals surface area contributed by atoms with Crippen LogP contribution in [0, 0.1) is 6.92 Å². The maximum Gasteiger partial charge on any atom is 0.233 e. The molecule has 3 rings (SSSR count). The van der Waals surface area contributed by atoms with Crippen molar-refractivity contribution in [2.24, 2.45) is 0 Å². The lowest BCUT2D eigenvalue weighted by Gasteiger charge is -2.19. The molecule has 132 valence electrons. The molecule has 6 heteroatoms. The van der Waals surface area contributed by atoms with Crippen LogP contribution in [0.3, 0.4) is 0 Å². The molecule has 1 saturated heterocycles. The topological polar surface area (TPSA) is 66.5 Å². The van der Waals surface area contributed by atoms with Gasteiger partial charge in [-0.25, -0.2) is 8.42 Å². The predicted molar refractivity (Wildman–Crippen MR) is 100 cm³/mol. The summed E-state index contributed by atoms with van der Waals surface area (Å²) in [5, 5.41) is 0. The van der Waals surface area contributed by atoms with Gasteiger partial charge in [0.1, 0.15) is 0 Å². The molecule has 25 heavy (non-hydrogen) atoms. The van der Waals surface area contributed by atoms with E-state index in [1.807, 2.05) is 43.3 Å². The van der Waals surface area contributed by atoms with Gasteiger partial charge < -0.3 is 4.90 Å². The Labute approximate surface area is 148 Å². The van der Waals surface area contributed by atoms with Crippen molar-refractivity contribution in [1.29, 1.82) is 0 Å². The standard InChI is InChI=1S/C19H22N2O3S/c1-15-14-17(9-10-18(15)21-12-5-8-19(21)22)20-25(23,24)13-11-16-6-3-2-4-7-16/h2-4,6-7,9-10,14,20H,5,8,11-13H2,1H3. The van der Waals surface area contributed by atoms with Gasteiger partial charge in [0.25, 0.3) is 0 Å². The first-order valence-electron chi connectivity index (χ1n) is 8.40. The third-order valence-corrected chi connectivity index (χ3v) is 5.62. The molecule has 1 aliphatic heterocycles. The Morgan fingerprint density at radius 1 is 1.12 bits per heavy atom. The number of carbonyl (C=O) groups is 1. The fraction of sp³-hybridized carbons (Fsp3) is 0.316. The van der Waals surface area contributed by atoms with Crippen LogP contribution in [0.2, 0.25) is 0 Å². The Kier molecular flexibility index (Phi) is 5.08. The second-order valence-electron chi connectivity index (χ2n) is 6.31. The number of benzene rings is 2. The Balaban J connectivity index is 1.67. The Morgan fingerprint density at radius 3 is 2.52 bits per heavy atom. The van der Waals surface area contributed by atoms with E-state index in [2.05, 4.69) is 4.72 Å². The van der Waals surface area contributed by atoms with Crippen LogP contribution in [-0.4, -0.2) is 26.6 Å². The fourth-order valence-corrected chi connectivity index (χ4v) is 4.14. The second kappa shape index (κ2) is 7.27. The summed E-state index contributed by atoms with van der Waals surface area (Å²) in [6.07, 6.45) is 1.91. The summed E-state index contributed by atoms with van der Waals surface area (Å²) in [4.78, 5) is 13.6. The predicted octanol–water partition coefficient (Wildman–Crippen LogP) is 3.11. The van der Waals surface area contributed by atoms with Crippen molar-refractivity contribution >= 4 is 27.3 Å². The molecular formula is C19H22N2O3S. The summed E-state index contributed by atoms with van der Waals surface area (Å²) in [5.74, 6) is 0.155. The molecule has 0 saturated carbocycles. The molecule has 0 radical (unpaired) electrons. The molecule has 0 bridgehead atoms. The van der Waals surface area contributed by atoms with E-state index < -0.39 is 10.0 Å². The highest BCUT2D eigenvalue weighted by molar-refractivity contribution is 7.92. The maximum atomic E-state index is 12.3. The van der Waals surface area contributed by atoms with E-state index >= 15 is 0 Å². The molecule has 2 aromatic rings. The fourth-order valence-electron chi connectivity index (χ4n) is 3.05. The quantitative estimate of drug-likeness (QED) is 0.863. The highest BCUT2D eigenvalue weighted by atomic mass is 32.2. The molecule has 0 unspecified atom stereocenters. The van der Waals surface area contributed by atoms with Crippen molar-refractivity contribution < 1.29 is 13.2 Å². The molecule has 2 aromatic carbocycles. The van der Waals surface area contributed by atoms with E-state index in [9.17, 15) is 13.2 Å². The molecule has 1 heterocycles. The van der Waals surface area contributed by atoms with Gasteiger partial charge in [-0.05, 0) is 49.1 Å². The zero-order valence-electron chi connectivity index (χ0n) is 14.2. The maximum absolute atomic E-state index is 12.3. The largest absolute Gasteiger partial charge is 0.312 e. The number of hydrogen-bond donors (Lipinski definition) is 1. The molecule has 0 aliphatic carbocycles. The number of nitrogens with one attached hydrogen (secondary N) is 1. The Morgan fingerprint density at radius 2 is 1.88 bits per heavy atom. The van der Waals surface area contributed by atoms with Crippen molar-refractivity contribution in [1.82, 2.24) is 0 Å². The van der Waals surface area contributed by atoms with Crippen LogP contribution in [0.4, 0.5) is 11.4 Å². The van der Waals surface area contributed by atoms with E-state index in [1.165, 1.54) is 0 Å². The summed E-state index contributed by atoms with van der Waals surface area (Å²) < 4.78 is 27.2. The van der Waals surface area contributed by atoms with Gasteiger partial charge in [-0.2, -0.15) is 0 Å². The van der Waals surface area contributed by atoms with Gasteiger partial charge in [0.05, 0.1) is 5.75 Å². The Hall–Kier alpha value is -2.34. The highest BCUT2D eigenvalue weighted by Gasteiger charge is 2.23. The summed E-state index contributed by atoms with van der Waals surface area (Å²) in [6.45, 7) is 2.62. The first kappa shape index (κ1) is 17.5.